The third-order valence-corrected chi connectivity index (χ3v) is 2.79. The standard InChI is InChI=1S/C12H12Cl2N2O4/c1-6(11(18)16-12(19)15-2)20-10-7(5-17)3-8(13)4-9(10)14/h3-6H,1-2H3,(H2,15,16,18,19). The van der Waals surface area contributed by atoms with Gasteiger partial charge < -0.3 is 10.1 Å². The Hall–Kier alpha value is -1.79. The van der Waals surface area contributed by atoms with Crippen LogP contribution in [0.5, 0.6) is 5.75 Å². The highest BCUT2D eigenvalue weighted by Gasteiger charge is 2.20. The molecule has 8 heteroatoms. The molecule has 0 bridgehead atoms. The Kier molecular flexibility index (Phi) is 5.79. The second kappa shape index (κ2) is 7.12. The average Bonchev–Trinajstić information content (AvgIpc) is 2.40. The first-order valence-electron chi connectivity index (χ1n) is 5.52. The van der Waals surface area contributed by atoms with Gasteiger partial charge in [-0.15, -0.1) is 0 Å². The Morgan fingerprint density at radius 2 is 2.00 bits per heavy atom. The van der Waals surface area contributed by atoms with Crippen molar-refractivity contribution in [1.82, 2.24) is 10.6 Å². The number of carbonyl (C=O) groups excluding carboxylic acids is 3. The molecule has 0 saturated carbocycles. The molecule has 1 aromatic rings. The summed E-state index contributed by atoms with van der Waals surface area (Å²) in [5.41, 5.74) is 0.113. The molecule has 0 heterocycles. The summed E-state index contributed by atoms with van der Waals surface area (Å²) in [5, 5.41) is 4.64. The van der Waals surface area contributed by atoms with Gasteiger partial charge in [0, 0.05) is 12.1 Å². The molecule has 0 saturated heterocycles. The zero-order valence-corrected chi connectivity index (χ0v) is 12.2. The van der Waals surface area contributed by atoms with E-state index in [0.717, 1.165) is 0 Å². The molecule has 1 atom stereocenters. The zero-order valence-electron chi connectivity index (χ0n) is 10.7. The summed E-state index contributed by atoms with van der Waals surface area (Å²) in [7, 11) is 1.37. The van der Waals surface area contributed by atoms with Crippen LogP contribution < -0.4 is 15.4 Å². The molecule has 0 aliphatic heterocycles. The summed E-state index contributed by atoms with van der Waals surface area (Å²) in [6, 6.07) is 2.08. The minimum Gasteiger partial charge on any atom is -0.479 e. The number of carbonyl (C=O) groups is 3. The van der Waals surface area contributed by atoms with Crippen molar-refractivity contribution in [3.05, 3.63) is 27.7 Å². The van der Waals surface area contributed by atoms with Gasteiger partial charge in [0.2, 0.25) is 0 Å². The van der Waals surface area contributed by atoms with Gasteiger partial charge in [-0.1, -0.05) is 23.2 Å². The molecule has 3 amide bonds. The number of urea groups is 1. The molecular weight excluding hydrogens is 307 g/mol. The number of nitrogens with one attached hydrogen (secondary N) is 2. The van der Waals surface area contributed by atoms with Crippen LogP contribution in [0.2, 0.25) is 10.0 Å². The number of aldehydes is 1. The molecule has 0 radical (unpaired) electrons. The number of hydrogen-bond acceptors (Lipinski definition) is 4. The fourth-order valence-electron chi connectivity index (χ4n) is 1.30. The first-order valence-corrected chi connectivity index (χ1v) is 6.28. The molecule has 20 heavy (non-hydrogen) atoms. The van der Waals surface area contributed by atoms with E-state index >= 15 is 0 Å². The molecule has 1 rings (SSSR count). The van der Waals surface area contributed by atoms with Gasteiger partial charge in [0.15, 0.2) is 12.4 Å². The molecule has 1 unspecified atom stereocenters. The maximum Gasteiger partial charge on any atom is 0.321 e. The van der Waals surface area contributed by atoms with Crippen LogP contribution in [0.1, 0.15) is 17.3 Å². The van der Waals surface area contributed by atoms with E-state index in [0.29, 0.717) is 6.29 Å². The summed E-state index contributed by atoms with van der Waals surface area (Å²) in [6.45, 7) is 1.41. The van der Waals surface area contributed by atoms with Crippen LogP contribution in [0, 0.1) is 0 Å². The molecular formula is C12H12Cl2N2O4. The molecule has 2 N–H and O–H groups in total. The van der Waals surface area contributed by atoms with E-state index in [-0.39, 0.29) is 21.4 Å². The van der Waals surface area contributed by atoms with Gasteiger partial charge in [-0.25, -0.2) is 4.79 Å². The molecule has 0 aromatic heterocycles. The summed E-state index contributed by atoms with van der Waals surface area (Å²) in [6.07, 6.45) is -0.513. The van der Waals surface area contributed by atoms with Crippen LogP contribution in [-0.2, 0) is 4.79 Å². The van der Waals surface area contributed by atoms with Crippen molar-refractivity contribution in [2.75, 3.05) is 7.05 Å². The van der Waals surface area contributed by atoms with Gasteiger partial charge in [-0.2, -0.15) is 0 Å². The van der Waals surface area contributed by atoms with Crippen molar-refractivity contribution in [2.24, 2.45) is 0 Å². The molecule has 6 nitrogen and oxygen atoms in total. The van der Waals surface area contributed by atoms with Crippen molar-refractivity contribution in [2.45, 2.75) is 13.0 Å². The van der Waals surface area contributed by atoms with Gasteiger partial charge in [0.1, 0.15) is 5.75 Å². The Bertz CT molecular complexity index is 549. The Morgan fingerprint density at radius 1 is 1.35 bits per heavy atom. The molecule has 108 valence electrons. The molecule has 0 fully saturated rings. The first kappa shape index (κ1) is 16.3. The minimum atomic E-state index is -1.02. The van der Waals surface area contributed by atoms with E-state index in [4.69, 9.17) is 27.9 Å². The number of imide groups is 1. The summed E-state index contributed by atoms with van der Waals surface area (Å²) >= 11 is 11.7. The number of ether oxygens (including phenoxy) is 1. The highest BCUT2D eigenvalue weighted by atomic mass is 35.5. The van der Waals surface area contributed by atoms with Gasteiger partial charge in [0.25, 0.3) is 5.91 Å². The summed E-state index contributed by atoms with van der Waals surface area (Å²) in [4.78, 5) is 33.6. The quantitative estimate of drug-likeness (QED) is 0.832. The number of hydrogen-bond donors (Lipinski definition) is 2. The number of amides is 3. The third-order valence-electron chi connectivity index (χ3n) is 2.29. The van der Waals surface area contributed by atoms with Crippen LogP contribution in [0.15, 0.2) is 12.1 Å². The van der Waals surface area contributed by atoms with E-state index in [1.54, 1.807) is 0 Å². The summed E-state index contributed by atoms with van der Waals surface area (Å²) in [5.74, 6) is -0.641. The lowest BCUT2D eigenvalue weighted by Crippen LogP contribution is -2.44. The first-order chi connectivity index (χ1) is 9.38. The lowest BCUT2D eigenvalue weighted by Gasteiger charge is -2.16. The van der Waals surface area contributed by atoms with E-state index in [9.17, 15) is 14.4 Å². The number of benzene rings is 1. The Balaban J connectivity index is 2.90. The molecule has 0 spiro atoms. The molecule has 0 aliphatic carbocycles. The van der Waals surface area contributed by atoms with Crippen LogP contribution >= 0.6 is 23.2 Å². The second-order valence-electron chi connectivity index (χ2n) is 3.75. The van der Waals surface area contributed by atoms with Crippen molar-refractivity contribution in [1.29, 1.82) is 0 Å². The van der Waals surface area contributed by atoms with Crippen molar-refractivity contribution >= 4 is 41.4 Å². The van der Waals surface area contributed by atoms with Crippen LogP contribution in [-0.4, -0.2) is 31.4 Å². The maximum atomic E-state index is 11.6. The van der Waals surface area contributed by atoms with Crippen molar-refractivity contribution in [3.63, 3.8) is 0 Å². The summed E-state index contributed by atoms with van der Waals surface area (Å²) < 4.78 is 5.32. The molecule has 0 aliphatic rings. The SMILES string of the molecule is CNC(=O)NC(=O)C(C)Oc1c(Cl)cc(Cl)cc1C=O. The van der Waals surface area contributed by atoms with E-state index < -0.39 is 18.0 Å². The molecule has 1 aromatic carbocycles. The lowest BCUT2D eigenvalue weighted by atomic mass is 10.2. The maximum absolute atomic E-state index is 11.6. The van der Waals surface area contributed by atoms with Crippen molar-refractivity contribution in [3.8, 4) is 5.75 Å². The smallest absolute Gasteiger partial charge is 0.321 e. The lowest BCUT2D eigenvalue weighted by molar-refractivity contribution is -0.126. The van der Waals surface area contributed by atoms with Crippen LogP contribution in [0.25, 0.3) is 0 Å². The van der Waals surface area contributed by atoms with Crippen LogP contribution in [0.3, 0.4) is 0 Å². The number of rotatable bonds is 4. The second-order valence-corrected chi connectivity index (χ2v) is 4.60. The van der Waals surface area contributed by atoms with Crippen molar-refractivity contribution < 1.29 is 19.1 Å². The Morgan fingerprint density at radius 3 is 2.55 bits per heavy atom. The van der Waals surface area contributed by atoms with Crippen LogP contribution in [0.4, 0.5) is 4.79 Å². The fraction of sp³-hybridized carbons (Fsp3) is 0.250. The largest absolute Gasteiger partial charge is 0.479 e. The predicted molar refractivity (Wildman–Crippen MR) is 74.5 cm³/mol. The third kappa shape index (κ3) is 4.11. The van der Waals surface area contributed by atoms with E-state index in [1.807, 2.05) is 5.32 Å². The fourth-order valence-corrected chi connectivity index (χ4v) is 1.85. The van der Waals surface area contributed by atoms with E-state index in [1.165, 1.54) is 26.1 Å². The monoisotopic (exact) mass is 318 g/mol. The predicted octanol–water partition coefficient (Wildman–Crippen LogP) is 2.03. The Labute approximate surface area is 125 Å². The minimum absolute atomic E-state index is 0.0330. The van der Waals surface area contributed by atoms with Gasteiger partial charge >= 0.3 is 6.03 Å². The highest BCUT2D eigenvalue weighted by Crippen LogP contribution is 2.32. The topological polar surface area (TPSA) is 84.5 Å². The van der Waals surface area contributed by atoms with Gasteiger partial charge in [-0.3, -0.25) is 14.9 Å². The zero-order chi connectivity index (χ0) is 15.3. The number of halogens is 2. The van der Waals surface area contributed by atoms with Gasteiger partial charge in [0.05, 0.1) is 10.6 Å². The van der Waals surface area contributed by atoms with Gasteiger partial charge in [-0.05, 0) is 19.1 Å². The highest BCUT2D eigenvalue weighted by molar-refractivity contribution is 6.36. The normalized spacial score (nSPS) is 11.4. The van der Waals surface area contributed by atoms with E-state index in [2.05, 4.69) is 5.32 Å². The average molecular weight is 319 g/mol.